The highest BCUT2D eigenvalue weighted by atomic mass is 127. The summed E-state index contributed by atoms with van der Waals surface area (Å²) in [5.74, 6) is -0.0536. The van der Waals surface area contributed by atoms with Gasteiger partial charge in [0.15, 0.2) is 0 Å². The zero-order valence-electron chi connectivity index (χ0n) is 7.42. The molecule has 0 saturated heterocycles. The van der Waals surface area contributed by atoms with Crippen molar-refractivity contribution in [3.63, 3.8) is 0 Å². The lowest BCUT2D eigenvalue weighted by atomic mass is 10.3. The summed E-state index contributed by atoms with van der Waals surface area (Å²) >= 11 is 3.73. The van der Waals surface area contributed by atoms with E-state index in [0.29, 0.717) is 24.9 Å². The average molecular weight is 320 g/mol. The predicted molar refractivity (Wildman–Crippen MR) is 64.2 cm³/mol. The van der Waals surface area contributed by atoms with E-state index < -0.39 is 0 Å². The molecule has 0 aromatic carbocycles. The van der Waals surface area contributed by atoms with Gasteiger partial charge in [0.1, 0.15) is 0 Å². The molecule has 14 heavy (non-hydrogen) atoms. The van der Waals surface area contributed by atoms with Gasteiger partial charge in [-0.2, -0.15) is 5.26 Å². The van der Waals surface area contributed by atoms with Crippen LogP contribution in [0.25, 0.3) is 0 Å². The van der Waals surface area contributed by atoms with E-state index in [1.807, 2.05) is 17.5 Å². The van der Waals surface area contributed by atoms with E-state index in [-0.39, 0.29) is 5.91 Å². The monoisotopic (exact) mass is 320 g/mol. The number of thiophene rings is 1. The number of unbranched alkanes of at least 4 members (excludes halogenated alkanes) is 1. The third kappa shape index (κ3) is 3.64. The third-order valence-electron chi connectivity index (χ3n) is 1.58. The Kier molecular flexibility index (Phi) is 4.90. The smallest absolute Gasteiger partial charge is 0.252 e. The van der Waals surface area contributed by atoms with Crippen molar-refractivity contribution in [3.05, 3.63) is 19.9 Å². The molecule has 74 valence electrons. The topological polar surface area (TPSA) is 52.9 Å². The van der Waals surface area contributed by atoms with Gasteiger partial charge in [-0.25, -0.2) is 0 Å². The summed E-state index contributed by atoms with van der Waals surface area (Å²) in [5, 5.41) is 12.9. The van der Waals surface area contributed by atoms with Crippen molar-refractivity contribution in [3.8, 4) is 6.07 Å². The zero-order valence-corrected chi connectivity index (χ0v) is 10.4. The quantitative estimate of drug-likeness (QED) is 0.684. The maximum atomic E-state index is 11.4. The molecule has 0 spiro atoms. The highest BCUT2D eigenvalue weighted by molar-refractivity contribution is 14.1. The third-order valence-corrected chi connectivity index (χ3v) is 3.37. The molecule has 0 radical (unpaired) electrons. The van der Waals surface area contributed by atoms with Crippen molar-refractivity contribution in [1.29, 1.82) is 5.26 Å². The Morgan fingerprint density at radius 2 is 2.50 bits per heavy atom. The lowest BCUT2D eigenvalue weighted by Gasteiger charge is -2.00. The molecule has 0 aliphatic heterocycles. The number of nitrogens with zero attached hydrogens (tertiary/aromatic N) is 1. The highest BCUT2D eigenvalue weighted by Gasteiger charge is 2.06. The molecule has 1 rings (SSSR count). The number of nitriles is 1. The molecule has 1 aromatic rings. The summed E-state index contributed by atoms with van der Waals surface area (Å²) < 4.78 is 1.10. The van der Waals surface area contributed by atoms with Crippen molar-refractivity contribution in [2.24, 2.45) is 0 Å². The van der Waals surface area contributed by atoms with E-state index in [0.717, 1.165) is 2.88 Å². The van der Waals surface area contributed by atoms with Gasteiger partial charge in [-0.3, -0.25) is 4.79 Å². The van der Waals surface area contributed by atoms with Gasteiger partial charge >= 0.3 is 0 Å². The minimum atomic E-state index is -0.0536. The second-order valence-corrected chi connectivity index (χ2v) is 5.46. The Morgan fingerprint density at radius 3 is 3.07 bits per heavy atom. The van der Waals surface area contributed by atoms with Crippen LogP contribution in [-0.2, 0) is 0 Å². The van der Waals surface area contributed by atoms with Crippen LogP contribution in [0.15, 0.2) is 11.4 Å². The van der Waals surface area contributed by atoms with Gasteiger partial charge in [0.2, 0.25) is 0 Å². The molecule has 3 nitrogen and oxygen atoms in total. The molecule has 1 amide bonds. The van der Waals surface area contributed by atoms with Crippen LogP contribution in [-0.4, -0.2) is 12.5 Å². The summed E-state index contributed by atoms with van der Waals surface area (Å²) in [6, 6.07) is 3.89. The van der Waals surface area contributed by atoms with Gasteiger partial charge in [-0.1, -0.05) is 0 Å². The van der Waals surface area contributed by atoms with Crippen LogP contribution in [0.4, 0.5) is 0 Å². The molecule has 1 aromatic heterocycles. The largest absolute Gasteiger partial charge is 0.352 e. The van der Waals surface area contributed by atoms with Gasteiger partial charge in [0.05, 0.1) is 14.5 Å². The highest BCUT2D eigenvalue weighted by Crippen LogP contribution is 2.16. The molecule has 0 atom stereocenters. The molecule has 0 saturated carbocycles. The minimum Gasteiger partial charge on any atom is -0.352 e. The molecule has 1 heterocycles. The maximum Gasteiger partial charge on any atom is 0.252 e. The van der Waals surface area contributed by atoms with Crippen molar-refractivity contribution in [2.75, 3.05) is 6.54 Å². The SMILES string of the molecule is N#CCCCNC(=O)c1csc(I)c1. The van der Waals surface area contributed by atoms with Crippen molar-refractivity contribution >= 4 is 39.8 Å². The van der Waals surface area contributed by atoms with Gasteiger partial charge in [0, 0.05) is 18.3 Å². The molecular formula is C9H9IN2OS. The van der Waals surface area contributed by atoms with Gasteiger partial charge in [-0.05, 0) is 35.1 Å². The molecule has 0 fully saturated rings. The van der Waals surface area contributed by atoms with Crippen molar-refractivity contribution in [2.45, 2.75) is 12.8 Å². The first-order chi connectivity index (χ1) is 6.74. The van der Waals surface area contributed by atoms with E-state index in [1.54, 1.807) is 11.3 Å². The fourth-order valence-electron chi connectivity index (χ4n) is 0.901. The van der Waals surface area contributed by atoms with E-state index in [1.165, 1.54) is 0 Å². The number of rotatable bonds is 4. The number of nitrogens with one attached hydrogen (secondary N) is 1. The summed E-state index contributed by atoms with van der Waals surface area (Å²) in [5.41, 5.74) is 0.705. The molecule has 0 aliphatic rings. The van der Waals surface area contributed by atoms with Crippen molar-refractivity contribution in [1.82, 2.24) is 5.32 Å². The summed E-state index contributed by atoms with van der Waals surface area (Å²) in [7, 11) is 0. The number of carbonyl (C=O) groups is 1. The maximum absolute atomic E-state index is 11.4. The van der Waals surface area contributed by atoms with Crippen LogP contribution in [0, 0.1) is 14.2 Å². The molecule has 5 heteroatoms. The number of halogens is 1. The first-order valence-electron chi connectivity index (χ1n) is 4.13. The lowest BCUT2D eigenvalue weighted by molar-refractivity contribution is 0.0954. The Hall–Kier alpha value is -0.610. The van der Waals surface area contributed by atoms with Crippen LogP contribution < -0.4 is 5.32 Å². The molecule has 0 aliphatic carbocycles. The number of carbonyl (C=O) groups excluding carboxylic acids is 1. The van der Waals surface area contributed by atoms with E-state index >= 15 is 0 Å². The second-order valence-electron chi connectivity index (χ2n) is 2.66. The van der Waals surface area contributed by atoms with E-state index in [9.17, 15) is 4.79 Å². The number of amides is 1. The Morgan fingerprint density at radius 1 is 1.71 bits per heavy atom. The Labute approximate surface area is 100 Å². The summed E-state index contributed by atoms with van der Waals surface area (Å²) in [6.45, 7) is 0.568. The average Bonchev–Trinajstić information content (AvgIpc) is 2.59. The summed E-state index contributed by atoms with van der Waals surface area (Å²) in [4.78, 5) is 11.4. The second kappa shape index (κ2) is 5.98. The van der Waals surface area contributed by atoms with E-state index in [2.05, 4.69) is 27.9 Å². The molecule has 1 N–H and O–H groups in total. The Balaban J connectivity index is 2.33. The van der Waals surface area contributed by atoms with Crippen LogP contribution in [0.3, 0.4) is 0 Å². The lowest BCUT2D eigenvalue weighted by Crippen LogP contribution is -2.23. The molecule has 0 bridgehead atoms. The van der Waals surface area contributed by atoms with Crippen LogP contribution in [0.2, 0.25) is 0 Å². The van der Waals surface area contributed by atoms with Crippen LogP contribution in [0.5, 0.6) is 0 Å². The van der Waals surface area contributed by atoms with Crippen LogP contribution in [0.1, 0.15) is 23.2 Å². The zero-order chi connectivity index (χ0) is 10.4. The van der Waals surface area contributed by atoms with Gasteiger partial charge < -0.3 is 5.32 Å². The van der Waals surface area contributed by atoms with Gasteiger partial charge in [-0.15, -0.1) is 11.3 Å². The standard InChI is InChI=1S/C9H9IN2OS/c10-8-5-7(6-14-8)9(13)12-4-2-1-3-11/h5-6H,1-2,4H2,(H,12,13). The minimum absolute atomic E-state index is 0.0536. The first-order valence-corrected chi connectivity index (χ1v) is 6.09. The summed E-state index contributed by atoms with van der Waals surface area (Å²) in [6.07, 6.45) is 1.20. The van der Waals surface area contributed by atoms with Gasteiger partial charge in [0.25, 0.3) is 5.91 Å². The number of hydrogen-bond donors (Lipinski definition) is 1. The number of hydrogen-bond acceptors (Lipinski definition) is 3. The fourth-order valence-corrected chi connectivity index (χ4v) is 2.23. The normalized spacial score (nSPS) is 9.43. The van der Waals surface area contributed by atoms with E-state index in [4.69, 9.17) is 5.26 Å². The molecule has 0 unspecified atom stereocenters. The van der Waals surface area contributed by atoms with Crippen molar-refractivity contribution < 1.29 is 4.79 Å². The van der Waals surface area contributed by atoms with Crippen LogP contribution >= 0.6 is 33.9 Å². The first kappa shape index (κ1) is 11.5. The molecular weight excluding hydrogens is 311 g/mol. The Bertz CT molecular complexity index is 356. The predicted octanol–water partition coefficient (Wildman–Crippen LogP) is 2.39. The fraction of sp³-hybridized carbons (Fsp3) is 0.333.